The van der Waals surface area contributed by atoms with Gasteiger partial charge in [0.25, 0.3) is 5.91 Å². The molecule has 1 N–H and O–H groups in total. The van der Waals surface area contributed by atoms with Gasteiger partial charge in [0, 0.05) is 22.9 Å². The predicted molar refractivity (Wildman–Crippen MR) is 120 cm³/mol. The van der Waals surface area contributed by atoms with Gasteiger partial charge in [0.1, 0.15) is 16.5 Å². The Labute approximate surface area is 190 Å². The molecule has 2 aromatic carbocycles. The van der Waals surface area contributed by atoms with Crippen molar-refractivity contribution in [1.82, 2.24) is 9.71 Å². The smallest absolute Gasteiger partial charge is 0.264 e. The molecule has 162 valence electrons. The number of methoxy groups -OCH3 is 1. The molecule has 7 nitrogen and oxygen atoms in total. The van der Waals surface area contributed by atoms with E-state index in [2.05, 4.69) is 4.98 Å². The first-order valence-electron chi connectivity index (χ1n) is 8.87. The lowest BCUT2D eigenvalue weighted by molar-refractivity contribution is 0.0981. The van der Waals surface area contributed by atoms with Crippen molar-refractivity contribution >= 4 is 39.1 Å². The Morgan fingerprint density at radius 1 is 1.03 bits per heavy atom. The van der Waals surface area contributed by atoms with E-state index in [0.29, 0.717) is 27.6 Å². The van der Waals surface area contributed by atoms with Gasteiger partial charge in [0.2, 0.25) is 15.9 Å². The van der Waals surface area contributed by atoms with Crippen molar-refractivity contribution in [1.29, 1.82) is 0 Å². The molecular weight excluding hydrogens is 463 g/mol. The summed E-state index contributed by atoms with van der Waals surface area (Å²) < 4.78 is 35.6. The largest absolute Gasteiger partial charge is 0.496 e. The minimum absolute atomic E-state index is 0.124. The van der Waals surface area contributed by atoms with E-state index in [1.54, 1.807) is 24.3 Å². The minimum Gasteiger partial charge on any atom is -0.496 e. The zero-order chi connectivity index (χ0) is 22.8. The Balaban J connectivity index is 1.90. The number of rotatable bonds is 6. The van der Waals surface area contributed by atoms with Crippen LogP contribution in [0.2, 0.25) is 10.0 Å². The van der Waals surface area contributed by atoms with E-state index in [0.717, 1.165) is 11.8 Å². The Morgan fingerprint density at radius 3 is 2.39 bits per heavy atom. The monoisotopic (exact) mass is 480 g/mol. The number of carbonyl (C=O) groups excluding carboxylic acids is 1. The molecule has 31 heavy (non-hydrogen) atoms. The number of nitrogens with zero attached hydrogens (tertiary/aromatic N) is 1. The second-order valence-electron chi connectivity index (χ2n) is 6.67. The molecule has 1 aromatic heterocycles. The summed E-state index contributed by atoms with van der Waals surface area (Å²) in [4.78, 5) is 16.4. The van der Waals surface area contributed by atoms with Crippen LogP contribution in [0.15, 0.2) is 48.7 Å². The lowest BCUT2D eigenvalue weighted by Crippen LogP contribution is -2.29. The summed E-state index contributed by atoms with van der Waals surface area (Å²) in [5.74, 6) is 0.184. The normalized spacial score (nSPS) is 11.1. The van der Waals surface area contributed by atoms with Crippen LogP contribution in [0.25, 0.3) is 11.1 Å². The number of carbonyl (C=O) groups is 1. The quantitative estimate of drug-likeness (QED) is 0.541. The fraction of sp³-hybridized carbons (Fsp3) is 0.143. The molecule has 10 heteroatoms. The molecule has 0 aliphatic carbocycles. The number of amides is 1. The van der Waals surface area contributed by atoms with Crippen molar-refractivity contribution < 1.29 is 22.7 Å². The van der Waals surface area contributed by atoms with Gasteiger partial charge < -0.3 is 9.47 Å². The van der Waals surface area contributed by atoms with Crippen molar-refractivity contribution in [2.24, 2.45) is 0 Å². The zero-order valence-corrected chi connectivity index (χ0v) is 19.1. The van der Waals surface area contributed by atoms with E-state index in [1.807, 2.05) is 17.7 Å². The van der Waals surface area contributed by atoms with Crippen molar-refractivity contribution in [3.05, 3.63) is 69.8 Å². The fourth-order valence-electron chi connectivity index (χ4n) is 2.74. The highest BCUT2D eigenvalue weighted by Gasteiger charge is 2.16. The van der Waals surface area contributed by atoms with Crippen LogP contribution in [0.1, 0.15) is 15.9 Å². The SMILES string of the molecule is COc1cc(C(=O)NS(C)(=O)=O)ccc1-c1cnc(Oc2ccc(C)cc2Cl)c(Cl)c1. The molecule has 0 radical (unpaired) electrons. The summed E-state index contributed by atoms with van der Waals surface area (Å²) in [6.07, 6.45) is 2.44. The second-order valence-corrected chi connectivity index (χ2v) is 9.23. The minimum atomic E-state index is -3.69. The topological polar surface area (TPSA) is 94.6 Å². The summed E-state index contributed by atoms with van der Waals surface area (Å²) in [6.45, 7) is 1.92. The summed E-state index contributed by atoms with van der Waals surface area (Å²) >= 11 is 12.6. The first kappa shape index (κ1) is 22.9. The molecule has 3 aromatic rings. The standard InChI is InChI=1S/C21H18Cl2N2O5S/c1-12-4-7-18(16(22)8-12)30-21-17(23)9-14(11-24-21)15-6-5-13(10-19(15)29-2)20(26)25-31(3,27)28/h4-11H,1-3H3,(H,25,26). The Bertz CT molecular complexity index is 1260. The van der Waals surface area contributed by atoms with Gasteiger partial charge in [-0.25, -0.2) is 18.1 Å². The summed E-state index contributed by atoms with van der Waals surface area (Å²) in [5, 5.41) is 0.682. The molecule has 0 fully saturated rings. The van der Waals surface area contributed by atoms with Gasteiger partial charge in [-0.05, 0) is 48.9 Å². The van der Waals surface area contributed by atoms with Crippen molar-refractivity contribution in [2.45, 2.75) is 6.92 Å². The molecule has 1 heterocycles. The zero-order valence-electron chi connectivity index (χ0n) is 16.8. The van der Waals surface area contributed by atoms with E-state index in [1.165, 1.54) is 25.4 Å². The van der Waals surface area contributed by atoms with E-state index in [9.17, 15) is 13.2 Å². The first-order chi connectivity index (χ1) is 14.6. The Morgan fingerprint density at radius 2 is 1.77 bits per heavy atom. The molecule has 0 aliphatic heterocycles. The maximum atomic E-state index is 12.1. The average molecular weight is 481 g/mol. The Hall–Kier alpha value is -2.81. The van der Waals surface area contributed by atoms with Crippen molar-refractivity contribution in [2.75, 3.05) is 13.4 Å². The van der Waals surface area contributed by atoms with Gasteiger partial charge in [-0.3, -0.25) is 4.79 Å². The molecule has 0 bridgehead atoms. The van der Waals surface area contributed by atoms with Crippen LogP contribution in [0.3, 0.4) is 0 Å². The second kappa shape index (κ2) is 9.13. The van der Waals surface area contributed by atoms with Gasteiger partial charge in [-0.15, -0.1) is 0 Å². The van der Waals surface area contributed by atoms with Crippen LogP contribution in [0.5, 0.6) is 17.4 Å². The molecule has 0 atom stereocenters. The van der Waals surface area contributed by atoms with E-state index < -0.39 is 15.9 Å². The lowest BCUT2D eigenvalue weighted by atomic mass is 10.0. The molecule has 3 rings (SSSR count). The predicted octanol–water partition coefficient (Wildman–Crippen LogP) is 4.85. The molecule has 1 amide bonds. The highest BCUT2D eigenvalue weighted by Crippen LogP contribution is 2.37. The highest BCUT2D eigenvalue weighted by atomic mass is 35.5. The fourth-order valence-corrected chi connectivity index (χ4v) is 3.67. The lowest BCUT2D eigenvalue weighted by Gasteiger charge is -2.13. The van der Waals surface area contributed by atoms with Crippen LogP contribution in [-0.2, 0) is 10.0 Å². The molecule has 0 aliphatic rings. The number of ether oxygens (including phenoxy) is 2. The molecular formula is C21H18Cl2N2O5S. The third kappa shape index (κ3) is 5.66. The van der Waals surface area contributed by atoms with Crippen LogP contribution >= 0.6 is 23.2 Å². The number of sulfonamides is 1. The summed E-state index contributed by atoms with van der Waals surface area (Å²) in [7, 11) is -2.25. The number of pyridine rings is 1. The summed E-state index contributed by atoms with van der Waals surface area (Å²) in [5.41, 5.74) is 2.33. The van der Waals surface area contributed by atoms with Crippen LogP contribution in [0, 0.1) is 6.92 Å². The van der Waals surface area contributed by atoms with Gasteiger partial charge >= 0.3 is 0 Å². The van der Waals surface area contributed by atoms with Gasteiger partial charge in [-0.2, -0.15) is 0 Å². The van der Waals surface area contributed by atoms with E-state index in [-0.39, 0.29) is 16.5 Å². The van der Waals surface area contributed by atoms with Gasteiger partial charge in [0.05, 0.1) is 18.4 Å². The summed E-state index contributed by atoms with van der Waals surface area (Å²) in [6, 6.07) is 11.5. The average Bonchev–Trinajstić information content (AvgIpc) is 2.69. The van der Waals surface area contributed by atoms with E-state index >= 15 is 0 Å². The number of hydrogen-bond acceptors (Lipinski definition) is 6. The van der Waals surface area contributed by atoms with Crippen LogP contribution < -0.4 is 14.2 Å². The third-order valence-electron chi connectivity index (χ3n) is 4.15. The molecule has 0 saturated heterocycles. The van der Waals surface area contributed by atoms with E-state index in [4.69, 9.17) is 32.7 Å². The van der Waals surface area contributed by atoms with Crippen molar-refractivity contribution in [3.8, 4) is 28.5 Å². The first-order valence-corrected chi connectivity index (χ1v) is 11.5. The van der Waals surface area contributed by atoms with Crippen molar-refractivity contribution in [3.63, 3.8) is 0 Å². The third-order valence-corrected chi connectivity index (χ3v) is 5.28. The Kier molecular flexibility index (Phi) is 6.74. The van der Waals surface area contributed by atoms with Gasteiger partial charge in [-0.1, -0.05) is 29.3 Å². The molecule has 0 saturated carbocycles. The number of aryl methyl sites for hydroxylation is 1. The number of benzene rings is 2. The molecule has 0 spiro atoms. The number of hydrogen-bond donors (Lipinski definition) is 1. The number of halogens is 2. The highest BCUT2D eigenvalue weighted by molar-refractivity contribution is 7.89. The van der Waals surface area contributed by atoms with Gasteiger partial charge in [0.15, 0.2) is 0 Å². The number of nitrogens with one attached hydrogen (secondary N) is 1. The maximum absolute atomic E-state index is 12.1. The molecule has 0 unspecified atom stereocenters. The maximum Gasteiger partial charge on any atom is 0.264 e. The van der Waals surface area contributed by atoms with Crippen LogP contribution in [0.4, 0.5) is 0 Å². The number of aromatic nitrogens is 1. The van der Waals surface area contributed by atoms with Crippen LogP contribution in [-0.4, -0.2) is 32.7 Å².